The van der Waals surface area contributed by atoms with Gasteiger partial charge >= 0.3 is 0 Å². The van der Waals surface area contributed by atoms with E-state index >= 15 is 0 Å². The zero-order valence-corrected chi connectivity index (χ0v) is 15.4. The number of nitrogens with zero attached hydrogens (tertiary/aromatic N) is 1. The first-order valence-corrected chi connectivity index (χ1v) is 8.62. The van der Waals surface area contributed by atoms with Crippen LogP contribution in [0.2, 0.25) is 0 Å². The summed E-state index contributed by atoms with van der Waals surface area (Å²) in [5, 5.41) is 3.04. The number of benzene rings is 2. The van der Waals surface area contributed by atoms with Crippen LogP contribution in [0.3, 0.4) is 0 Å². The lowest BCUT2D eigenvalue weighted by Crippen LogP contribution is -2.35. The summed E-state index contributed by atoms with van der Waals surface area (Å²) >= 11 is 3.38. The van der Waals surface area contributed by atoms with E-state index in [0.717, 1.165) is 26.9 Å². The Morgan fingerprint density at radius 1 is 1.16 bits per heavy atom. The molecule has 1 heterocycles. The topological polar surface area (TPSA) is 60.0 Å². The number of amides is 1. The average molecular weight is 407 g/mol. The Bertz CT molecular complexity index is 736. The number of rotatable bonds is 8. The normalized spacial score (nSPS) is 13.2. The van der Waals surface area contributed by atoms with Crippen molar-refractivity contribution in [2.75, 3.05) is 20.5 Å². The van der Waals surface area contributed by atoms with Crippen molar-refractivity contribution in [2.24, 2.45) is 0 Å². The van der Waals surface area contributed by atoms with E-state index in [0.29, 0.717) is 19.8 Å². The lowest BCUT2D eigenvalue weighted by atomic mass is 10.1. The molecular weight excluding hydrogens is 388 g/mol. The fraction of sp³-hybridized carbons (Fsp3) is 0.278. The second kappa shape index (κ2) is 8.44. The summed E-state index contributed by atoms with van der Waals surface area (Å²) in [7, 11) is 1.61. The second-order valence-corrected chi connectivity index (χ2v) is 6.50. The molecule has 132 valence electrons. The van der Waals surface area contributed by atoms with Crippen molar-refractivity contribution in [1.29, 1.82) is 0 Å². The minimum atomic E-state index is 0.000865. The zero-order valence-electron chi connectivity index (χ0n) is 13.8. The van der Waals surface area contributed by atoms with Gasteiger partial charge in [-0.25, -0.2) is 9.78 Å². The molecule has 25 heavy (non-hydrogen) atoms. The molecule has 1 aliphatic heterocycles. The van der Waals surface area contributed by atoms with Crippen LogP contribution < -0.4 is 10.1 Å². The average Bonchev–Trinajstić information content (AvgIpc) is 2.94. The number of carbonyl (C=O) groups is 1. The molecule has 0 saturated heterocycles. The molecule has 0 saturated carbocycles. The molecule has 0 aliphatic carbocycles. The van der Waals surface area contributed by atoms with E-state index in [1.807, 2.05) is 30.3 Å². The van der Waals surface area contributed by atoms with Gasteiger partial charge in [0, 0.05) is 16.6 Å². The number of fused-ring (bicyclic) bond motifs is 1. The third kappa shape index (κ3) is 4.58. The highest BCUT2D eigenvalue weighted by molar-refractivity contribution is 9.10. The molecule has 1 amide bonds. The van der Waals surface area contributed by atoms with Crippen molar-refractivity contribution >= 4 is 21.8 Å². The third-order valence-electron chi connectivity index (χ3n) is 3.88. The van der Waals surface area contributed by atoms with Gasteiger partial charge in [0.1, 0.15) is 19.1 Å². The maximum atomic E-state index is 12.3. The molecule has 0 bridgehead atoms. The largest absolute Gasteiger partial charge is 0.497 e. The van der Waals surface area contributed by atoms with Crippen LogP contribution in [-0.2, 0) is 22.9 Å². The molecule has 2 aromatic rings. The van der Waals surface area contributed by atoms with E-state index in [4.69, 9.17) is 14.5 Å². The third-order valence-corrected chi connectivity index (χ3v) is 4.41. The summed E-state index contributed by atoms with van der Waals surface area (Å²) in [6.45, 7) is 1.50. The van der Waals surface area contributed by atoms with E-state index < -0.39 is 0 Å². The summed E-state index contributed by atoms with van der Waals surface area (Å²) in [5.74, 6) is 0.756. The summed E-state index contributed by atoms with van der Waals surface area (Å²) in [6, 6.07) is 13.3. The van der Waals surface area contributed by atoms with Gasteiger partial charge in [-0.3, -0.25) is 10.1 Å². The monoisotopic (exact) mass is 406 g/mol. The lowest BCUT2D eigenvalue weighted by molar-refractivity contribution is -0.308. The molecule has 0 spiro atoms. The molecule has 3 rings (SSSR count). The Morgan fingerprint density at radius 3 is 2.72 bits per heavy atom. The van der Waals surface area contributed by atoms with Crippen LogP contribution in [0.15, 0.2) is 46.9 Å². The van der Waals surface area contributed by atoms with Crippen molar-refractivity contribution < 1.29 is 19.3 Å². The van der Waals surface area contributed by atoms with Crippen molar-refractivity contribution in [1.82, 2.24) is 10.2 Å². The van der Waals surface area contributed by atoms with Gasteiger partial charge in [0.05, 0.1) is 13.8 Å². The van der Waals surface area contributed by atoms with Crippen molar-refractivity contribution in [3.05, 3.63) is 63.6 Å². The van der Waals surface area contributed by atoms with Crippen LogP contribution in [0, 0.1) is 0 Å². The number of hydrogen-bond acceptors (Lipinski definition) is 5. The van der Waals surface area contributed by atoms with Crippen LogP contribution in [0.5, 0.6) is 5.75 Å². The molecular formula is C18H19BrN2O4. The molecule has 0 unspecified atom stereocenters. The standard InChI is InChI=1S/C18H19BrN2O4/c1-23-16-6-7-17-14(8-16)9-21(18(17)22)11-20-12-25-24-10-13-2-4-15(19)5-3-13/h2-8,20H,9-12H2,1H3. The van der Waals surface area contributed by atoms with E-state index in [1.165, 1.54) is 0 Å². The smallest absolute Gasteiger partial charge is 0.255 e. The zero-order chi connectivity index (χ0) is 17.6. The van der Waals surface area contributed by atoms with Crippen LogP contribution in [0.25, 0.3) is 0 Å². The quantitative estimate of drug-likeness (QED) is 0.316. The Hall–Kier alpha value is -1.93. The molecule has 0 radical (unpaired) electrons. The predicted octanol–water partition coefficient (Wildman–Crippen LogP) is 3.07. The second-order valence-electron chi connectivity index (χ2n) is 5.59. The predicted molar refractivity (Wildman–Crippen MR) is 95.8 cm³/mol. The molecule has 0 atom stereocenters. The number of hydrogen-bond donors (Lipinski definition) is 1. The minimum absolute atomic E-state index is 0.000865. The first kappa shape index (κ1) is 17.9. The van der Waals surface area contributed by atoms with Gasteiger partial charge in [-0.05, 0) is 41.5 Å². The molecule has 2 aromatic carbocycles. The van der Waals surface area contributed by atoms with Gasteiger partial charge in [-0.2, -0.15) is 0 Å². The highest BCUT2D eigenvalue weighted by atomic mass is 79.9. The number of methoxy groups -OCH3 is 1. The highest BCUT2D eigenvalue weighted by Gasteiger charge is 2.27. The summed E-state index contributed by atoms with van der Waals surface area (Å²) < 4.78 is 6.21. The molecule has 7 heteroatoms. The Kier molecular flexibility index (Phi) is 6.04. The number of halogens is 1. The summed E-state index contributed by atoms with van der Waals surface area (Å²) in [6.07, 6.45) is 0. The first-order valence-electron chi connectivity index (χ1n) is 7.83. The molecule has 0 aromatic heterocycles. The van der Waals surface area contributed by atoms with Crippen LogP contribution in [0.1, 0.15) is 21.5 Å². The molecule has 0 fully saturated rings. The Balaban J connectivity index is 1.37. The van der Waals surface area contributed by atoms with E-state index in [9.17, 15) is 4.79 Å². The summed E-state index contributed by atoms with van der Waals surface area (Å²) in [5.41, 5.74) is 2.70. The fourth-order valence-electron chi connectivity index (χ4n) is 2.57. The van der Waals surface area contributed by atoms with Gasteiger partial charge in [0.2, 0.25) is 0 Å². The van der Waals surface area contributed by atoms with Crippen molar-refractivity contribution in [3.8, 4) is 5.75 Å². The van der Waals surface area contributed by atoms with E-state index in [-0.39, 0.29) is 12.6 Å². The molecule has 6 nitrogen and oxygen atoms in total. The van der Waals surface area contributed by atoms with Crippen molar-refractivity contribution in [2.45, 2.75) is 13.2 Å². The highest BCUT2D eigenvalue weighted by Crippen LogP contribution is 2.26. The SMILES string of the molecule is COc1ccc2c(c1)CN(CNCOOCc1ccc(Br)cc1)C2=O. The maximum Gasteiger partial charge on any atom is 0.255 e. The number of nitrogens with one attached hydrogen (secondary N) is 1. The van der Waals surface area contributed by atoms with Gasteiger partial charge < -0.3 is 9.64 Å². The van der Waals surface area contributed by atoms with Crippen LogP contribution in [-0.4, -0.2) is 31.3 Å². The first-order chi connectivity index (χ1) is 12.2. The molecule has 1 N–H and O–H groups in total. The van der Waals surface area contributed by atoms with Gasteiger partial charge in [0.15, 0.2) is 0 Å². The number of ether oxygens (including phenoxy) is 1. The van der Waals surface area contributed by atoms with Crippen LogP contribution in [0.4, 0.5) is 0 Å². The molecule has 1 aliphatic rings. The Morgan fingerprint density at radius 2 is 1.96 bits per heavy atom. The van der Waals surface area contributed by atoms with Crippen molar-refractivity contribution in [3.63, 3.8) is 0 Å². The van der Waals surface area contributed by atoms with Crippen LogP contribution >= 0.6 is 15.9 Å². The van der Waals surface area contributed by atoms with Gasteiger partial charge in [-0.1, -0.05) is 28.1 Å². The van der Waals surface area contributed by atoms with E-state index in [2.05, 4.69) is 21.2 Å². The fourth-order valence-corrected chi connectivity index (χ4v) is 2.83. The van der Waals surface area contributed by atoms with Gasteiger partial charge in [-0.15, -0.1) is 0 Å². The van der Waals surface area contributed by atoms with E-state index in [1.54, 1.807) is 24.1 Å². The van der Waals surface area contributed by atoms with Gasteiger partial charge in [0.25, 0.3) is 5.91 Å². The summed E-state index contributed by atoms with van der Waals surface area (Å²) in [4.78, 5) is 24.2. The lowest BCUT2D eigenvalue weighted by Gasteiger charge is -2.16. The minimum Gasteiger partial charge on any atom is -0.497 e. The number of carbonyl (C=O) groups excluding carboxylic acids is 1. The Labute approximate surface area is 154 Å². The maximum absolute atomic E-state index is 12.3.